The lowest BCUT2D eigenvalue weighted by Crippen LogP contribution is -1.99. The molecule has 0 fully saturated rings. The molecule has 0 spiro atoms. The van der Waals surface area contributed by atoms with E-state index >= 15 is 0 Å². The molecule has 0 saturated heterocycles. The summed E-state index contributed by atoms with van der Waals surface area (Å²) < 4.78 is 7.22. The highest BCUT2D eigenvalue weighted by Crippen LogP contribution is 2.22. The Morgan fingerprint density at radius 3 is 2.93 bits per heavy atom. The van der Waals surface area contributed by atoms with Crippen LogP contribution in [0.5, 0.6) is 0 Å². The van der Waals surface area contributed by atoms with E-state index in [1.54, 1.807) is 7.11 Å². The van der Waals surface area contributed by atoms with Crippen molar-refractivity contribution >= 4 is 16.6 Å². The molecule has 15 heavy (non-hydrogen) atoms. The molecule has 0 aliphatic heterocycles. The first-order valence-electron chi connectivity index (χ1n) is 5.15. The fourth-order valence-electron chi connectivity index (χ4n) is 1.84. The number of hydrogen-bond acceptors (Lipinski definition) is 2. The molecule has 0 radical (unpaired) electrons. The molecule has 0 bridgehead atoms. The van der Waals surface area contributed by atoms with E-state index in [-0.39, 0.29) is 0 Å². The Morgan fingerprint density at radius 1 is 1.33 bits per heavy atom. The monoisotopic (exact) mass is 204 g/mol. The smallest absolute Gasteiger partial charge is 0.0573 e. The van der Waals surface area contributed by atoms with Gasteiger partial charge in [-0.25, -0.2) is 0 Å². The molecule has 2 aromatic rings. The number of nitrogen functional groups attached to an aromatic ring is 1. The summed E-state index contributed by atoms with van der Waals surface area (Å²) >= 11 is 0. The van der Waals surface area contributed by atoms with Gasteiger partial charge in [0.25, 0.3) is 0 Å². The van der Waals surface area contributed by atoms with Gasteiger partial charge in [-0.15, -0.1) is 0 Å². The Bertz CT molecular complexity index is 448. The van der Waals surface area contributed by atoms with Crippen LogP contribution in [0.4, 0.5) is 5.69 Å². The van der Waals surface area contributed by atoms with Crippen molar-refractivity contribution in [3.63, 3.8) is 0 Å². The van der Waals surface area contributed by atoms with E-state index in [0.29, 0.717) is 0 Å². The molecule has 0 aliphatic carbocycles. The van der Waals surface area contributed by atoms with Crippen LogP contribution in [0.3, 0.4) is 0 Å². The maximum atomic E-state index is 5.93. The summed E-state index contributed by atoms with van der Waals surface area (Å²) in [6.07, 6.45) is 3.01. The summed E-state index contributed by atoms with van der Waals surface area (Å²) in [5.74, 6) is 0. The number of hydrogen-bond donors (Lipinski definition) is 1. The largest absolute Gasteiger partial charge is 0.397 e. The minimum atomic E-state index is 0.784. The fraction of sp³-hybridized carbons (Fsp3) is 0.333. The second-order valence-corrected chi connectivity index (χ2v) is 3.64. The zero-order chi connectivity index (χ0) is 10.7. The molecule has 2 N–H and O–H groups in total. The van der Waals surface area contributed by atoms with E-state index in [1.165, 1.54) is 5.52 Å². The number of anilines is 1. The average Bonchev–Trinajstić information content (AvgIpc) is 2.58. The van der Waals surface area contributed by atoms with Crippen molar-refractivity contribution in [2.45, 2.75) is 13.0 Å². The Morgan fingerprint density at radius 2 is 2.13 bits per heavy atom. The average molecular weight is 204 g/mol. The number of benzene rings is 1. The molecule has 1 aromatic carbocycles. The molecule has 0 aliphatic rings. The summed E-state index contributed by atoms with van der Waals surface area (Å²) in [5, 5.41) is 1.13. The van der Waals surface area contributed by atoms with Gasteiger partial charge in [-0.05, 0) is 12.5 Å². The van der Waals surface area contributed by atoms with Crippen molar-refractivity contribution in [2.75, 3.05) is 19.5 Å². The van der Waals surface area contributed by atoms with Gasteiger partial charge in [-0.3, -0.25) is 0 Å². The third kappa shape index (κ3) is 1.97. The van der Waals surface area contributed by atoms with Crippen LogP contribution < -0.4 is 5.73 Å². The summed E-state index contributed by atoms with van der Waals surface area (Å²) in [6.45, 7) is 1.73. The lowest BCUT2D eigenvalue weighted by molar-refractivity contribution is 0.190. The topological polar surface area (TPSA) is 40.2 Å². The van der Waals surface area contributed by atoms with Gasteiger partial charge >= 0.3 is 0 Å². The van der Waals surface area contributed by atoms with Gasteiger partial charge in [0.2, 0.25) is 0 Å². The van der Waals surface area contributed by atoms with Crippen molar-refractivity contribution in [3.8, 4) is 0 Å². The van der Waals surface area contributed by atoms with Gasteiger partial charge in [0.05, 0.1) is 11.2 Å². The van der Waals surface area contributed by atoms with E-state index in [9.17, 15) is 0 Å². The maximum absolute atomic E-state index is 5.93. The lowest BCUT2D eigenvalue weighted by atomic mass is 10.2. The van der Waals surface area contributed by atoms with Gasteiger partial charge in [0.1, 0.15) is 0 Å². The van der Waals surface area contributed by atoms with Crippen molar-refractivity contribution in [3.05, 3.63) is 30.5 Å². The van der Waals surface area contributed by atoms with E-state index in [1.807, 2.05) is 18.3 Å². The lowest BCUT2D eigenvalue weighted by Gasteiger charge is -2.03. The Balaban J connectivity index is 2.27. The van der Waals surface area contributed by atoms with Crippen LogP contribution in [0.1, 0.15) is 6.42 Å². The SMILES string of the molecule is COCCCn1cc(N)c2ccccc21. The van der Waals surface area contributed by atoms with Crippen molar-refractivity contribution < 1.29 is 4.74 Å². The van der Waals surface area contributed by atoms with Crippen molar-refractivity contribution in [2.24, 2.45) is 0 Å². The van der Waals surface area contributed by atoms with Gasteiger partial charge < -0.3 is 15.0 Å². The second kappa shape index (κ2) is 4.36. The van der Waals surface area contributed by atoms with Crippen LogP contribution in [0, 0.1) is 0 Å². The second-order valence-electron chi connectivity index (χ2n) is 3.64. The van der Waals surface area contributed by atoms with E-state index in [2.05, 4.69) is 16.7 Å². The van der Waals surface area contributed by atoms with Gasteiger partial charge in [0, 0.05) is 31.8 Å². The van der Waals surface area contributed by atoms with Gasteiger partial charge in [-0.2, -0.15) is 0 Å². The number of para-hydroxylation sites is 1. The zero-order valence-electron chi connectivity index (χ0n) is 8.94. The minimum Gasteiger partial charge on any atom is -0.397 e. The quantitative estimate of drug-likeness (QED) is 0.776. The highest BCUT2D eigenvalue weighted by Gasteiger charge is 2.03. The van der Waals surface area contributed by atoms with Gasteiger partial charge in [-0.1, -0.05) is 18.2 Å². The zero-order valence-corrected chi connectivity index (χ0v) is 8.94. The highest BCUT2D eigenvalue weighted by atomic mass is 16.5. The summed E-state index contributed by atoms with van der Waals surface area (Å²) in [6, 6.07) is 8.20. The number of aromatic nitrogens is 1. The Kier molecular flexibility index (Phi) is 2.92. The van der Waals surface area contributed by atoms with E-state index < -0.39 is 0 Å². The fourth-order valence-corrected chi connectivity index (χ4v) is 1.84. The van der Waals surface area contributed by atoms with Gasteiger partial charge in [0.15, 0.2) is 0 Å². The number of ether oxygens (including phenoxy) is 1. The van der Waals surface area contributed by atoms with Crippen LogP contribution in [-0.4, -0.2) is 18.3 Å². The van der Waals surface area contributed by atoms with Crippen LogP contribution in [0.2, 0.25) is 0 Å². The van der Waals surface area contributed by atoms with Crippen LogP contribution in [0.15, 0.2) is 30.5 Å². The summed E-state index contributed by atoms with van der Waals surface area (Å²) in [5.41, 5.74) is 7.98. The third-order valence-electron chi connectivity index (χ3n) is 2.57. The molecule has 0 saturated carbocycles. The third-order valence-corrected chi connectivity index (χ3v) is 2.57. The molecule has 3 nitrogen and oxygen atoms in total. The standard InChI is InChI=1S/C12H16N2O/c1-15-8-4-7-14-9-11(13)10-5-2-3-6-12(10)14/h2-3,5-6,9H,4,7-8,13H2,1H3. The molecule has 2 rings (SSSR count). The number of fused-ring (bicyclic) bond motifs is 1. The Labute approximate surface area is 89.4 Å². The predicted octanol–water partition coefficient (Wildman–Crippen LogP) is 2.26. The Hall–Kier alpha value is -1.48. The summed E-state index contributed by atoms with van der Waals surface area (Å²) in [4.78, 5) is 0. The van der Waals surface area contributed by atoms with Crippen LogP contribution in [0.25, 0.3) is 10.9 Å². The summed E-state index contributed by atoms with van der Waals surface area (Å²) in [7, 11) is 1.72. The minimum absolute atomic E-state index is 0.784. The van der Waals surface area contributed by atoms with Crippen molar-refractivity contribution in [1.82, 2.24) is 4.57 Å². The molecular weight excluding hydrogens is 188 g/mol. The number of aryl methyl sites for hydroxylation is 1. The molecule has 0 atom stereocenters. The molecule has 1 aromatic heterocycles. The number of methoxy groups -OCH3 is 1. The van der Waals surface area contributed by atoms with Crippen LogP contribution in [-0.2, 0) is 11.3 Å². The van der Waals surface area contributed by atoms with E-state index in [0.717, 1.165) is 30.6 Å². The number of nitrogens with two attached hydrogens (primary N) is 1. The number of nitrogens with zero attached hydrogens (tertiary/aromatic N) is 1. The molecule has 0 amide bonds. The highest BCUT2D eigenvalue weighted by molar-refractivity contribution is 5.91. The molecule has 0 unspecified atom stereocenters. The first-order chi connectivity index (χ1) is 7.33. The molecule has 1 heterocycles. The maximum Gasteiger partial charge on any atom is 0.0573 e. The van der Waals surface area contributed by atoms with Crippen molar-refractivity contribution in [1.29, 1.82) is 0 Å². The first-order valence-corrected chi connectivity index (χ1v) is 5.15. The molecular formula is C12H16N2O. The normalized spacial score (nSPS) is 11.0. The first kappa shape index (κ1) is 10.1. The number of rotatable bonds is 4. The molecule has 80 valence electrons. The van der Waals surface area contributed by atoms with Crippen LogP contribution >= 0.6 is 0 Å². The predicted molar refractivity (Wildman–Crippen MR) is 62.8 cm³/mol. The van der Waals surface area contributed by atoms with E-state index in [4.69, 9.17) is 10.5 Å². The molecule has 3 heteroatoms.